The van der Waals surface area contributed by atoms with E-state index < -0.39 is 10.1 Å². The fourth-order valence-corrected chi connectivity index (χ4v) is 5.45. The fourth-order valence-electron chi connectivity index (χ4n) is 3.82. The quantitative estimate of drug-likeness (QED) is 0.369. The number of carbonyl (C=O) groups excluding carboxylic acids is 1. The average Bonchev–Trinajstić information content (AvgIpc) is 3.58. The second-order valence-corrected chi connectivity index (χ2v) is 10.5. The van der Waals surface area contributed by atoms with Gasteiger partial charge in [0.05, 0.1) is 25.2 Å². The van der Waals surface area contributed by atoms with Gasteiger partial charge in [0.2, 0.25) is 0 Å². The van der Waals surface area contributed by atoms with Crippen LogP contribution in [0.5, 0.6) is 17.2 Å². The molecule has 1 aliphatic rings. The van der Waals surface area contributed by atoms with Crippen molar-refractivity contribution in [2.24, 2.45) is 0 Å². The lowest BCUT2D eigenvalue weighted by Crippen LogP contribution is -2.36. The van der Waals surface area contributed by atoms with Gasteiger partial charge in [-0.25, -0.2) is 0 Å². The highest BCUT2D eigenvalue weighted by Gasteiger charge is 2.25. The van der Waals surface area contributed by atoms with E-state index in [-0.39, 0.29) is 35.0 Å². The van der Waals surface area contributed by atoms with E-state index in [9.17, 15) is 13.2 Å². The monoisotopic (exact) mass is 517 g/mol. The topological polar surface area (TPSA) is 91.4 Å². The average molecular weight is 518 g/mol. The van der Waals surface area contributed by atoms with Gasteiger partial charge >= 0.3 is 10.1 Å². The third-order valence-electron chi connectivity index (χ3n) is 5.62. The van der Waals surface area contributed by atoms with Gasteiger partial charge in [-0.2, -0.15) is 8.42 Å². The van der Waals surface area contributed by atoms with Crippen molar-refractivity contribution in [1.29, 1.82) is 0 Å². The summed E-state index contributed by atoms with van der Waals surface area (Å²) in [6, 6.07) is 14.5. The molecule has 1 amide bonds. The number of amides is 1. The number of rotatable bonds is 10. The summed E-state index contributed by atoms with van der Waals surface area (Å²) in [5.41, 5.74) is 0.702. The molecule has 0 saturated carbocycles. The lowest BCUT2D eigenvalue weighted by atomic mass is 10.1. The zero-order valence-electron chi connectivity index (χ0n) is 19.5. The Morgan fingerprint density at radius 2 is 1.89 bits per heavy atom. The van der Waals surface area contributed by atoms with E-state index in [1.165, 1.54) is 37.7 Å². The number of nitrogens with zero attached hydrogens (tertiary/aromatic N) is 1. The molecule has 1 atom stereocenters. The van der Waals surface area contributed by atoms with E-state index in [0.717, 1.165) is 12.8 Å². The molecule has 1 saturated heterocycles. The molecule has 0 spiro atoms. The van der Waals surface area contributed by atoms with E-state index >= 15 is 0 Å². The van der Waals surface area contributed by atoms with Crippen LogP contribution in [-0.2, 0) is 21.4 Å². The number of methoxy groups -OCH3 is 2. The van der Waals surface area contributed by atoms with E-state index in [1.54, 1.807) is 41.3 Å². The van der Waals surface area contributed by atoms with Crippen LogP contribution < -0.4 is 13.7 Å². The van der Waals surface area contributed by atoms with Gasteiger partial charge in [-0.15, -0.1) is 11.3 Å². The maximum absolute atomic E-state index is 13.2. The number of ether oxygens (including phenoxy) is 3. The number of thiophene rings is 1. The van der Waals surface area contributed by atoms with Gasteiger partial charge in [0.25, 0.3) is 5.91 Å². The fraction of sp³-hybridized carbons (Fsp3) is 0.320. The highest BCUT2D eigenvalue weighted by molar-refractivity contribution is 7.87. The minimum absolute atomic E-state index is 0.0152. The second-order valence-electron chi connectivity index (χ2n) is 8.00. The Morgan fingerprint density at radius 1 is 1.09 bits per heavy atom. The molecule has 0 bridgehead atoms. The minimum Gasteiger partial charge on any atom is -0.497 e. The molecule has 1 aromatic heterocycles. The highest BCUT2D eigenvalue weighted by Crippen LogP contribution is 2.32. The zero-order chi connectivity index (χ0) is 24.8. The normalized spacial score (nSPS) is 15.5. The van der Waals surface area contributed by atoms with Crippen molar-refractivity contribution in [1.82, 2.24) is 4.90 Å². The largest absolute Gasteiger partial charge is 0.497 e. The molecule has 2 heterocycles. The number of benzene rings is 2. The molecule has 0 aliphatic carbocycles. The summed E-state index contributed by atoms with van der Waals surface area (Å²) < 4.78 is 47.4. The first kappa shape index (κ1) is 25.0. The van der Waals surface area contributed by atoms with E-state index in [4.69, 9.17) is 18.4 Å². The zero-order valence-corrected chi connectivity index (χ0v) is 21.1. The van der Waals surface area contributed by atoms with Gasteiger partial charge in [-0.1, -0.05) is 12.1 Å². The molecule has 1 aliphatic heterocycles. The minimum atomic E-state index is -4.12. The van der Waals surface area contributed by atoms with Gasteiger partial charge < -0.3 is 23.3 Å². The van der Waals surface area contributed by atoms with E-state index in [1.807, 2.05) is 11.4 Å². The molecule has 10 heteroatoms. The predicted octanol–water partition coefficient (Wildman–Crippen LogP) is 4.35. The smallest absolute Gasteiger partial charge is 0.339 e. The molecule has 0 radical (unpaired) electrons. The summed E-state index contributed by atoms with van der Waals surface area (Å²) in [5, 5.41) is 1.86. The Kier molecular flexibility index (Phi) is 7.94. The number of carbonyl (C=O) groups is 1. The maximum atomic E-state index is 13.2. The van der Waals surface area contributed by atoms with Crippen LogP contribution in [0.4, 0.5) is 0 Å². The number of hydrogen-bond donors (Lipinski definition) is 0. The van der Waals surface area contributed by atoms with Crippen LogP contribution in [0.1, 0.15) is 28.1 Å². The van der Waals surface area contributed by atoms with Gasteiger partial charge in [0, 0.05) is 19.7 Å². The molecule has 4 rings (SSSR count). The molecule has 1 fully saturated rings. The molecule has 186 valence electrons. The summed E-state index contributed by atoms with van der Waals surface area (Å²) in [6.45, 7) is 1.40. The molecule has 3 aromatic rings. The maximum Gasteiger partial charge on any atom is 0.339 e. The third-order valence-corrected chi connectivity index (χ3v) is 7.72. The van der Waals surface area contributed by atoms with Crippen LogP contribution >= 0.6 is 11.3 Å². The van der Waals surface area contributed by atoms with Gasteiger partial charge in [-0.05, 0) is 66.2 Å². The SMILES string of the molecule is COc1ccc(S(=O)(=O)Oc2cc(CN(C[C@H]3CCCO3)C(=O)c3cccs3)ccc2OC)cc1. The van der Waals surface area contributed by atoms with Gasteiger partial charge in [0.1, 0.15) is 10.6 Å². The molecule has 8 nitrogen and oxygen atoms in total. The summed E-state index contributed by atoms with van der Waals surface area (Å²) in [4.78, 5) is 15.5. The van der Waals surface area contributed by atoms with Crippen LogP contribution in [0.15, 0.2) is 64.9 Å². The summed E-state index contributed by atoms with van der Waals surface area (Å²) in [5.74, 6) is 0.743. The van der Waals surface area contributed by atoms with E-state index in [2.05, 4.69) is 0 Å². The Labute approximate surface area is 209 Å². The lowest BCUT2D eigenvalue weighted by Gasteiger charge is -2.25. The molecule has 0 N–H and O–H groups in total. The molecular formula is C25H27NO7S2. The summed E-state index contributed by atoms with van der Waals surface area (Å²) in [7, 11) is -1.18. The van der Waals surface area contributed by atoms with Crippen LogP contribution in [-0.4, -0.2) is 52.7 Å². The van der Waals surface area contributed by atoms with Crippen molar-refractivity contribution in [3.05, 3.63) is 70.4 Å². The van der Waals surface area contributed by atoms with Crippen LogP contribution in [0.25, 0.3) is 0 Å². The first-order valence-corrected chi connectivity index (χ1v) is 13.4. The Balaban J connectivity index is 1.58. The summed E-state index contributed by atoms with van der Waals surface area (Å²) >= 11 is 1.38. The van der Waals surface area contributed by atoms with Crippen LogP contribution in [0.2, 0.25) is 0 Å². The lowest BCUT2D eigenvalue weighted by molar-refractivity contribution is 0.0511. The summed E-state index contributed by atoms with van der Waals surface area (Å²) in [6.07, 6.45) is 1.84. The molecule has 35 heavy (non-hydrogen) atoms. The van der Waals surface area contributed by atoms with Crippen molar-refractivity contribution >= 4 is 27.4 Å². The van der Waals surface area contributed by atoms with Crippen molar-refractivity contribution in [2.75, 3.05) is 27.4 Å². The Hall–Kier alpha value is -3.08. The van der Waals surface area contributed by atoms with Crippen molar-refractivity contribution in [3.63, 3.8) is 0 Å². The van der Waals surface area contributed by atoms with Gasteiger partial charge in [-0.3, -0.25) is 4.79 Å². The Morgan fingerprint density at radius 3 is 2.51 bits per heavy atom. The van der Waals surface area contributed by atoms with Crippen LogP contribution in [0.3, 0.4) is 0 Å². The van der Waals surface area contributed by atoms with Crippen molar-refractivity contribution < 1.29 is 31.6 Å². The molecule has 0 unspecified atom stereocenters. The van der Waals surface area contributed by atoms with Gasteiger partial charge in [0.15, 0.2) is 11.5 Å². The van der Waals surface area contributed by atoms with E-state index in [0.29, 0.717) is 29.3 Å². The third kappa shape index (κ3) is 6.14. The molecule has 2 aromatic carbocycles. The molecular weight excluding hydrogens is 490 g/mol. The van der Waals surface area contributed by atoms with Crippen LogP contribution in [0, 0.1) is 0 Å². The highest BCUT2D eigenvalue weighted by atomic mass is 32.2. The predicted molar refractivity (Wildman–Crippen MR) is 132 cm³/mol. The van der Waals surface area contributed by atoms with Crippen molar-refractivity contribution in [3.8, 4) is 17.2 Å². The Bertz CT molecular complexity index is 1240. The van der Waals surface area contributed by atoms with Crippen molar-refractivity contribution in [2.45, 2.75) is 30.4 Å². The second kappa shape index (κ2) is 11.1. The number of hydrogen-bond acceptors (Lipinski definition) is 8. The first-order chi connectivity index (χ1) is 16.9. The standard InChI is InChI=1S/C25H27NO7S2/c1-30-19-8-10-21(11-9-19)35(28,29)33-23-15-18(7-12-22(23)31-2)16-26(17-20-5-3-13-32-20)25(27)24-6-4-14-34-24/h4,6-12,14-15,20H,3,5,13,16-17H2,1-2H3/t20-/m1/s1. The first-order valence-electron chi connectivity index (χ1n) is 11.1.